The fourth-order valence-corrected chi connectivity index (χ4v) is 7.63. The lowest BCUT2D eigenvalue weighted by atomic mass is 10.0. The van der Waals surface area contributed by atoms with Crippen LogP contribution in [0.5, 0.6) is 0 Å². The highest BCUT2D eigenvalue weighted by Crippen LogP contribution is 2.37. The molecule has 0 nitrogen and oxygen atoms in total. The van der Waals surface area contributed by atoms with Crippen molar-refractivity contribution in [3.8, 4) is 0 Å². The van der Waals surface area contributed by atoms with E-state index in [-0.39, 0.29) is 0 Å². The normalized spacial score (nSPS) is 45.0. The SMILES string of the molecule is Br[C@@H]1[C@@H](Br)[C@@H](Br)[C@H](Br)CCCCCC[C@@H](Br)[C@@H]1Br. The third-order valence-corrected chi connectivity index (χ3v) is 13.6. The third-order valence-electron chi connectivity index (χ3n) is 3.31. The first-order chi connectivity index (χ1) is 8.45. The second-order valence-electron chi connectivity index (χ2n) is 4.80. The minimum Gasteiger partial charge on any atom is -0.0878 e. The minimum atomic E-state index is 0.394. The zero-order valence-corrected chi connectivity index (χ0v) is 19.5. The molecule has 0 aromatic rings. The largest absolute Gasteiger partial charge is 0.0878 e. The summed E-state index contributed by atoms with van der Waals surface area (Å²) in [7, 11) is 0. The first-order valence-corrected chi connectivity index (χ1v) is 11.8. The Bertz CT molecular complexity index is 213. The summed E-state index contributed by atoms with van der Waals surface area (Å²) in [6, 6.07) is 0. The number of hydrogen-bond donors (Lipinski definition) is 0. The topological polar surface area (TPSA) is 0 Å². The molecule has 0 heterocycles. The van der Waals surface area contributed by atoms with Crippen molar-refractivity contribution < 1.29 is 0 Å². The van der Waals surface area contributed by atoms with Crippen LogP contribution in [0.25, 0.3) is 0 Å². The van der Waals surface area contributed by atoms with E-state index < -0.39 is 0 Å². The standard InChI is InChI=1S/C12H18Br6/c13-7-5-3-1-2-4-6-8(14)10(16)12(18)11(17)9(7)15/h7-12H,1-6H2/t7-,8-,9+,10+,11+,12+/m1/s1. The highest BCUT2D eigenvalue weighted by molar-refractivity contribution is 9.15. The van der Waals surface area contributed by atoms with E-state index >= 15 is 0 Å². The van der Waals surface area contributed by atoms with Crippen molar-refractivity contribution in [3.63, 3.8) is 0 Å². The van der Waals surface area contributed by atoms with Gasteiger partial charge in [-0.05, 0) is 12.8 Å². The van der Waals surface area contributed by atoms with Gasteiger partial charge in [-0.3, -0.25) is 0 Å². The van der Waals surface area contributed by atoms with Gasteiger partial charge in [-0.2, -0.15) is 0 Å². The van der Waals surface area contributed by atoms with Crippen LogP contribution >= 0.6 is 95.6 Å². The Morgan fingerprint density at radius 1 is 0.444 bits per heavy atom. The van der Waals surface area contributed by atoms with Gasteiger partial charge in [0.1, 0.15) is 0 Å². The van der Waals surface area contributed by atoms with E-state index in [2.05, 4.69) is 95.6 Å². The fourth-order valence-electron chi connectivity index (χ4n) is 2.10. The quantitative estimate of drug-likeness (QED) is 0.252. The molecule has 1 aliphatic rings. The highest BCUT2D eigenvalue weighted by Gasteiger charge is 2.35. The Morgan fingerprint density at radius 2 is 0.778 bits per heavy atom. The van der Waals surface area contributed by atoms with Crippen molar-refractivity contribution in [2.24, 2.45) is 0 Å². The average Bonchev–Trinajstić information content (AvgIpc) is 2.37. The van der Waals surface area contributed by atoms with Crippen molar-refractivity contribution in [3.05, 3.63) is 0 Å². The molecule has 108 valence electrons. The molecule has 0 saturated heterocycles. The highest BCUT2D eigenvalue weighted by atomic mass is 79.9. The van der Waals surface area contributed by atoms with E-state index in [1.807, 2.05) is 0 Å². The minimum absolute atomic E-state index is 0.394. The predicted octanol–water partition coefficient (Wildman–Crippen LogP) is 6.92. The summed E-state index contributed by atoms with van der Waals surface area (Å²) in [5, 5.41) is 0. The molecule has 0 bridgehead atoms. The Labute approximate surface area is 161 Å². The molecule has 0 unspecified atom stereocenters. The molecule has 18 heavy (non-hydrogen) atoms. The molecule has 0 radical (unpaired) electrons. The molecule has 1 saturated carbocycles. The van der Waals surface area contributed by atoms with Crippen molar-refractivity contribution in [2.75, 3.05) is 0 Å². The van der Waals surface area contributed by atoms with Gasteiger partial charge >= 0.3 is 0 Å². The Balaban J connectivity index is 2.71. The maximum Gasteiger partial charge on any atom is 0.0418 e. The lowest BCUT2D eigenvalue weighted by Crippen LogP contribution is -2.39. The molecule has 0 spiro atoms. The number of rotatable bonds is 0. The zero-order valence-electron chi connectivity index (χ0n) is 9.97. The van der Waals surface area contributed by atoms with Crippen molar-refractivity contribution in [1.29, 1.82) is 0 Å². The lowest BCUT2D eigenvalue weighted by molar-refractivity contribution is 0.549. The summed E-state index contributed by atoms with van der Waals surface area (Å²) in [5.74, 6) is 0. The van der Waals surface area contributed by atoms with Gasteiger partial charge in [0, 0.05) is 29.0 Å². The second-order valence-corrected chi connectivity index (χ2v) is 11.4. The van der Waals surface area contributed by atoms with E-state index in [1.54, 1.807) is 0 Å². The van der Waals surface area contributed by atoms with Crippen LogP contribution in [-0.2, 0) is 0 Å². The summed E-state index contributed by atoms with van der Waals surface area (Å²) in [6.45, 7) is 0. The van der Waals surface area contributed by atoms with E-state index in [9.17, 15) is 0 Å². The van der Waals surface area contributed by atoms with E-state index in [4.69, 9.17) is 0 Å². The number of hydrogen-bond acceptors (Lipinski definition) is 0. The van der Waals surface area contributed by atoms with Gasteiger partial charge in [0.05, 0.1) is 0 Å². The molecular weight excluding hydrogens is 624 g/mol. The summed E-state index contributed by atoms with van der Waals surface area (Å²) in [5.41, 5.74) is 0. The zero-order chi connectivity index (χ0) is 13.7. The van der Waals surface area contributed by atoms with Gasteiger partial charge in [-0.25, -0.2) is 0 Å². The van der Waals surface area contributed by atoms with Gasteiger partial charge in [0.15, 0.2) is 0 Å². The Morgan fingerprint density at radius 3 is 1.11 bits per heavy atom. The Hall–Kier alpha value is 2.88. The van der Waals surface area contributed by atoms with Crippen molar-refractivity contribution in [2.45, 2.75) is 67.5 Å². The first-order valence-electron chi connectivity index (χ1n) is 6.29. The van der Waals surface area contributed by atoms with Crippen LogP contribution in [0.15, 0.2) is 0 Å². The molecule has 0 aromatic carbocycles. The molecule has 1 aliphatic carbocycles. The average molecular weight is 642 g/mol. The van der Waals surface area contributed by atoms with E-state index in [0.29, 0.717) is 29.0 Å². The number of halogens is 6. The molecule has 6 heteroatoms. The van der Waals surface area contributed by atoms with Crippen LogP contribution in [0.4, 0.5) is 0 Å². The maximum atomic E-state index is 3.84. The van der Waals surface area contributed by atoms with Crippen molar-refractivity contribution in [1.82, 2.24) is 0 Å². The van der Waals surface area contributed by atoms with Crippen molar-refractivity contribution >= 4 is 95.6 Å². The first kappa shape index (κ1) is 18.9. The summed E-state index contributed by atoms with van der Waals surface area (Å²) >= 11 is 23.0. The summed E-state index contributed by atoms with van der Waals surface area (Å²) in [6.07, 6.45) is 7.80. The van der Waals surface area contributed by atoms with Gasteiger partial charge < -0.3 is 0 Å². The smallest absolute Gasteiger partial charge is 0.0418 e. The van der Waals surface area contributed by atoms with Gasteiger partial charge in [0.25, 0.3) is 0 Å². The van der Waals surface area contributed by atoms with Gasteiger partial charge in [-0.15, -0.1) is 0 Å². The maximum absolute atomic E-state index is 3.84. The second kappa shape index (κ2) is 9.81. The molecule has 1 rings (SSSR count). The third kappa shape index (κ3) is 5.94. The monoisotopic (exact) mass is 636 g/mol. The van der Waals surface area contributed by atoms with Crippen LogP contribution in [0, 0.1) is 0 Å². The van der Waals surface area contributed by atoms with Crippen LogP contribution < -0.4 is 0 Å². The van der Waals surface area contributed by atoms with Crippen LogP contribution in [0.3, 0.4) is 0 Å². The van der Waals surface area contributed by atoms with Crippen LogP contribution in [-0.4, -0.2) is 29.0 Å². The number of alkyl halides is 6. The molecular formula is C12H18Br6. The molecule has 1 fully saturated rings. The molecule has 0 amide bonds. The molecule has 0 N–H and O–H groups in total. The summed E-state index contributed by atoms with van der Waals surface area (Å²) in [4.78, 5) is 2.70. The molecule has 0 aromatic heterocycles. The lowest BCUT2D eigenvalue weighted by Gasteiger charge is -2.31. The van der Waals surface area contributed by atoms with Gasteiger partial charge in [0.2, 0.25) is 0 Å². The summed E-state index contributed by atoms with van der Waals surface area (Å²) < 4.78 is 0. The molecule has 0 aliphatic heterocycles. The Kier molecular flexibility index (Phi) is 10.3. The predicted molar refractivity (Wildman–Crippen MR) is 104 cm³/mol. The molecule has 6 atom stereocenters. The van der Waals surface area contributed by atoms with Crippen LogP contribution in [0.1, 0.15) is 38.5 Å². The van der Waals surface area contributed by atoms with E-state index in [0.717, 1.165) is 0 Å². The van der Waals surface area contributed by atoms with Crippen LogP contribution in [0.2, 0.25) is 0 Å². The fraction of sp³-hybridized carbons (Fsp3) is 1.00. The van der Waals surface area contributed by atoms with Gasteiger partial charge in [-0.1, -0.05) is 121 Å². The van der Waals surface area contributed by atoms with E-state index in [1.165, 1.54) is 38.5 Å².